The summed E-state index contributed by atoms with van der Waals surface area (Å²) in [6.07, 6.45) is 1.33. The highest BCUT2D eigenvalue weighted by Gasteiger charge is 2.07. The lowest BCUT2D eigenvalue weighted by Crippen LogP contribution is -2.02. The number of rotatable bonds is 3. The van der Waals surface area contributed by atoms with Crippen molar-refractivity contribution in [3.63, 3.8) is 0 Å². The molecule has 1 heterocycles. The van der Waals surface area contributed by atoms with Crippen molar-refractivity contribution in [2.24, 2.45) is 0 Å². The number of methoxy groups -OCH3 is 1. The normalized spacial score (nSPS) is 10.0. The summed E-state index contributed by atoms with van der Waals surface area (Å²) in [6, 6.07) is 1.57. The number of carbonyl (C=O) groups is 1. The van der Waals surface area contributed by atoms with Crippen LogP contribution in [0, 0.1) is 3.57 Å². The molecule has 0 aliphatic carbocycles. The quantitative estimate of drug-likeness (QED) is 0.859. The van der Waals surface area contributed by atoms with E-state index in [0.29, 0.717) is 6.61 Å². The Kier molecular flexibility index (Phi) is 3.61. The number of hydrogen-bond donors (Lipinski definition) is 1. The average molecular weight is 293 g/mol. The van der Waals surface area contributed by atoms with Crippen molar-refractivity contribution in [2.75, 3.05) is 7.11 Å². The van der Waals surface area contributed by atoms with Crippen molar-refractivity contribution in [2.45, 2.75) is 6.61 Å². The summed E-state index contributed by atoms with van der Waals surface area (Å²) < 4.78 is 5.70. The fraction of sp³-hybridized carbons (Fsp3) is 0.250. The van der Waals surface area contributed by atoms with Crippen LogP contribution in [-0.4, -0.2) is 23.2 Å². The molecule has 0 unspecified atom stereocenters. The predicted molar refractivity (Wildman–Crippen MR) is 54.6 cm³/mol. The van der Waals surface area contributed by atoms with E-state index in [2.05, 4.69) is 4.98 Å². The number of aromatic carboxylic acids is 1. The standard InChI is InChI=1S/C8H8INO3/c1-13-4-7-6(9)2-5(3-10-7)8(11)12/h2-3H,4H2,1H3,(H,11,12). The van der Waals surface area contributed by atoms with Crippen LogP contribution in [0.25, 0.3) is 0 Å². The third-order valence-electron chi connectivity index (χ3n) is 1.45. The summed E-state index contributed by atoms with van der Waals surface area (Å²) in [7, 11) is 1.57. The second-order valence-corrected chi connectivity index (χ2v) is 3.55. The number of carboxylic acids is 1. The Balaban J connectivity index is 2.98. The van der Waals surface area contributed by atoms with Gasteiger partial charge in [-0.15, -0.1) is 0 Å². The highest BCUT2D eigenvalue weighted by molar-refractivity contribution is 14.1. The molecule has 1 aromatic rings. The monoisotopic (exact) mass is 293 g/mol. The van der Waals surface area contributed by atoms with Gasteiger partial charge in [0.2, 0.25) is 0 Å². The first kappa shape index (κ1) is 10.4. The summed E-state index contributed by atoms with van der Waals surface area (Å²) in [5, 5.41) is 8.66. The SMILES string of the molecule is COCc1ncc(C(=O)O)cc1I. The van der Waals surface area contributed by atoms with E-state index in [-0.39, 0.29) is 5.56 Å². The minimum absolute atomic E-state index is 0.198. The van der Waals surface area contributed by atoms with Gasteiger partial charge in [-0.1, -0.05) is 0 Å². The van der Waals surface area contributed by atoms with E-state index in [9.17, 15) is 4.79 Å². The van der Waals surface area contributed by atoms with Crippen LogP contribution in [0.4, 0.5) is 0 Å². The fourth-order valence-corrected chi connectivity index (χ4v) is 1.46. The zero-order chi connectivity index (χ0) is 9.84. The lowest BCUT2D eigenvalue weighted by Gasteiger charge is -2.02. The van der Waals surface area contributed by atoms with Crippen LogP contribution in [0.1, 0.15) is 16.1 Å². The van der Waals surface area contributed by atoms with Crippen molar-refractivity contribution in [1.82, 2.24) is 4.98 Å². The van der Waals surface area contributed by atoms with Gasteiger partial charge in [0.25, 0.3) is 0 Å². The summed E-state index contributed by atoms with van der Waals surface area (Å²) >= 11 is 2.04. The van der Waals surface area contributed by atoms with Crippen molar-refractivity contribution >= 4 is 28.6 Å². The number of hydrogen-bond acceptors (Lipinski definition) is 3. The van der Waals surface area contributed by atoms with E-state index in [1.807, 2.05) is 22.6 Å². The predicted octanol–water partition coefficient (Wildman–Crippen LogP) is 1.53. The summed E-state index contributed by atoms with van der Waals surface area (Å²) in [6.45, 7) is 0.401. The fourth-order valence-electron chi connectivity index (χ4n) is 0.826. The molecule has 0 bridgehead atoms. The maximum Gasteiger partial charge on any atom is 0.337 e. The molecule has 0 aliphatic heterocycles. The van der Waals surface area contributed by atoms with Gasteiger partial charge in [-0.3, -0.25) is 4.98 Å². The molecule has 0 amide bonds. The van der Waals surface area contributed by atoms with Gasteiger partial charge >= 0.3 is 5.97 Å². The van der Waals surface area contributed by atoms with Gasteiger partial charge in [0, 0.05) is 16.9 Å². The molecule has 5 heteroatoms. The highest BCUT2D eigenvalue weighted by atomic mass is 127. The molecule has 1 aromatic heterocycles. The van der Waals surface area contributed by atoms with Crippen molar-refractivity contribution in [3.05, 3.63) is 27.1 Å². The van der Waals surface area contributed by atoms with Crippen LogP contribution >= 0.6 is 22.6 Å². The molecule has 1 rings (SSSR count). The molecule has 0 spiro atoms. The number of carboxylic acid groups (broad SMARTS) is 1. The second-order valence-electron chi connectivity index (χ2n) is 2.39. The molecular formula is C8H8INO3. The van der Waals surface area contributed by atoms with Crippen LogP contribution in [0.2, 0.25) is 0 Å². The first-order valence-corrected chi connectivity index (χ1v) is 4.59. The highest BCUT2D eigenvalue weighted by Crippen LogP contribution is 2.12. The first-order valence-electron chi connectivity index (χ1n) is 3.52. The van der Waals surface area contributed by atoms with Gasteiger partial charge < -0.3 is 9.84 Å². The van der Waals surface area contributed by atoms with Crippen LogP contribution < -0.4 is 0 Å². The molecule has 0 aromatic carbocycles. The molecule has 0 fully saturated rings. The lowest BCUT2D eigenvalue weighted by atomic mass is 10.2. The van der Waals surface area contributed by atoms with E-state index in [0.717, 1.165) is 9.26 Å². The molecule has 1 N–H and O–H groups in total. The Morgan fingerprint density at radius 1 is 1.77 bits per heavy atom. The smallest absolute Gasteiger partial charge is 0.337 e. The van der Waals surface area contributed by atoms with E-state index in [1.54, 1.807) is 13.2 Å². The molecule has 70 valence electrons. The van der Waals surface area contributed by atoms with Crippen LogP contribution in [0.5, 0.6) is 0 Å². The summed E-state index contributed by atoms with van der Waals surface area (Å²) in [4.78, 5) is 14.5. The Morgan fingerprint density at radius 3 is 2.92 bits per heavy atom. The van der Waals surface area contributed by atoms with E-state index < -0.39 is 5.97 Å². The Morgan fingerprint density at radius 2 is 2.46 bits per heavy atom. The maximum absolute atomic E-state index is 10.5. The summed E-state index contributed by atoms with van der Waals surface area (Å²) in [5.74, 6) is -0.964. The molecule has 0 saturated carbocycles. The number of halogens is 1. The van der Waals surface area contributed by atoms with E-state index in [1.165, 1.54) is 6.20 Å². The Hall–Kier alpha value is -0.690. The van der Waals surface area contributed by atoms with Gasteiger partial charge in [-0.05, 0) is 28.7 Å². The maximum atomic E-state index is 10.5. The number of nitrogens with zero attached hydrogens (tertiary/aromatic N) is 1. The van der Waals surface area contributed by atoms with Gasteiger partial charge in [0.15, 0.2) is 0 Å². The third-order valence-corrected chi connectivity index (χ3v) is 2.38. The van der Waals surface area contributed by atoms with Crippen LogP contribution in [0.3, 0.4) is 0 Å². The van der Waals surface area contributed by atoms with Gasteiger partial charge in [-0.2, -0.15) is 0 Å². The number of aromatic nitrogens is 1. The number of pyridine rings is 1. The minimum Gasteiger partial charge on any atom is -0.478 e. The van der Waals surface area contributed by atoms with Crippen LogP contribution in [0.15, 0.2) is 12.3 Å². The van der Waals surface area contributed by atoms with Gasteiger partial charge in [-0.25, -0.2) is 4.79 Å². The molecule has 0 saturated heterocycles. The number of ether oxygens (including phenoxy) is 1. The Labute approximate surface area is 89.1 Å². The molecule has 0 atom stereocenters. The molecular weight excluding hydrogens is 285 g/mol. The van der Waals surface area contributed by atoms with Crippen molar-refractivity contribution in [3.8, 4) is 0 Å². The minimum atomic E-state index is -0.964. The first-order chi connectivity index (χ1) is 6.15. The molecule has 0 aliphatic rings. The van der Waals surface area contributed by atoms with E-state index >= 15 is 0 Å². The Bertz CT molecular complexity index is 327. The van der Waals surface area contributed by atoms with Crippen LogP contribution in [-0.2, 0) is 11.3 Å². The van der Waals surface area contributed by atoms with Gasteiger partial charge in [0.05, 0.1) is 17.9 Å². The topological polar surface area (TPSA) is 59.4 Å². The van der Waals surface area contributed by atoms with E-state index in [4.69, 9.17) is 9.84 Å². The molecule has 0 radical (unpaired) electrons. The van der Waals surface area contributed by atoms with Crippen molar-refractivity contribution < 1.29 is 14.6 Å². The lowest BCUT2D eigenvalue weighted by molar-refractivity contribution is 0.0696. The molecule has 13 heavy (non-hydrogen) atoms. The average Bonchev–Trinajstić information content (AvgIpc) is 2.08. The summed E-state index contributed by atoms with van der Waals surface area (Å²) in [5.41, 5.74) is 0.956. The third kappa shape index (κ3) is 2.63. The zero-order valence-electron chi connectivity index (χ0n) is 6.95. The van der Waals surface area contributed by atoms with Crippen molar-refractivity contribution in [1.29, 1.82) is 0 Å². The largest absolute Gasteiger partial charge is 0.478 e. The second kappa shape index (κ2) is 4.52. The van der Waals surface area contributed by atoms with Gasteiger partial charge in [0.1, 0.15) is 0 Å². The molecule has 4 nitrogen and oxygen atoms in total. The zero-order valence-corrected chi connectivity index (χ0v) is 9.11.